The quantitative estimate of drug-likeness (QED) is 0.161. The number of fused-ring (bicyclic) bond motifs is 2. The molecule has 2 aliphatic heterocycles. The van der Waals surface area contributed by atoms with Crippen molar-refractivity contribution < 1.29 is 28.0 Å². The fraction of sp³-hybridized carbons (Fsp3) is 0.425. The van der Waals surface area contributed by atoms with Crippen LogP contribution in [0.2, 0.25) is 0 Å². The number of aromatic nitrogens is 9. The minimum Gasteiger partial charge on any atom is -0.366 e. The summed E-state index contributed by atoms with van der Waals surface area (Å²) in [6, 6.07) is 7.69. The first-order chi connectivity index (χ1) is 29.4. The monoisotopic (exact) mass is 838 g/mol. The largest absolute Gasteiger partial charge is 0.366 e. The van der Waals surface area contributed by atoms with Gasteiger partial charge < -0.3 is 16.0 Å². The highest BCUT2D eigenvalue weighted by molar-refractivity contribution is 6.03. The molecule has 3 fully saturated rings. The normalized spacial score (nSPS) is 20.5. The predicted octanol–water partition coefficient (Wildman–Crippen LogP) is 2.46. The van der Waals surface area contributed by atoms with Crippen LogP contribution in [0.15, 0.2) is 59.9 Å². The summed E-state index contributed by atoms with van der Waals surface area (Å²) >= 11 is 0. The Morgan fingerprint density at radius 2 is 1.77 bits per heavy atom. The van der Waals surface area contributed by atoms with Crippen LogP contribution in [0.4, 0.5) is 14.5 Å². The van der Waals surface area contributed by atoms with E-state index in [1.807, 2.05) is 0 Å². The SMILES string of the molecule is Cn1c(=O)n(C2CCC(=O)NC2=O)c2cccc(NC(=O)CN3CCN(CC4CCC(n5cc(-n6cc(-n7ccc8cc(C(N)=O)cnc87)nn6)c(C(F)F)n5)CC4)CC3)c21. The Balaban J connectivity index is 0.774. The van der Waals surface area contributed by atoms with Gasteiger partial charge in [0.25, 0.3) is 6.43 Å². The van der Waals surface area contributed by atoms with Crippen molar-refractivity contribution in [3.63, 3.8) is 0 Å². The molecule has 61 heavy (non-hydrogen) atoms. The highest BCUT2D eigenvalue weighted by Gasteiger charge is 2.33. The van der Waals surface area contributed by atoms with Crippen LogP contribution in [-0.2, 0) is 21.4 Å². The minimum atomic E-state index is -2.82. The summed E-state index contributed by atoms with van der Waals surface area (Å²) in [7, 11) is 1.60. The molecule has 19 nitrogen and oxygen atoms in total. The number of amides is 4. The van der Waals surface area contributed by atoms with Gasteiger partial charge >= 0.3 is 5.69 Å². The summed E-state index contributed by atoms with van der Waals surface area (Å²) in [4.78, 5) is 71.3. The van der Waals surface area contributed by atoms with Crippen molar-refractivity contribution in [1.82, 2.24) is 58.6 Å². The number of hydrogen-bond acceptors (Lipinski definition) is 11. The second kappa shape index (κ2) is 16.1. The number of carbonyl (C=O) groups excluding carboxylic acids is 4. The maximum atomic E-state index is 14.3. The number of nitrogens with one attached hydrogen (secondary N) is 2. The van der Waals surface area contributed by atoms with Crippen molar-refractivity contribution in [2.24, 2.45) is 18.7 Å². The zero-order valence-corrected chi connectivity index (χ0v) is 33.3. The fourth-order valence-corrected chi connectivity index (χ4v) is 8.99. The Labute approximate surface area is 346 Å². The summed E-state index contributed by atoms with van der Waals surface area (Å²) in [5.74, 6) is -0.897. The van der Waals surface area contributed by atoms with E-state index in [-0.39, 0.29) is 54.2 Å². The van der Waals surface area contributed by atoms with E-state index < -0.39 is 30.0 Å². The maximum absolute atomic E-state index is 14.3. The Morgan fingerprint density at radius 1 is 1.00 bits per heavy atom. The van der Waals surface area contributed by atoms with Gasteiger partial charge in [-0.25, -0.2) is 23.2 Å². The highest BCUT2D eigenvalue weighted by Crippen LogP contribution is 2.35. The van der Waals surface area contributed by atoms with E-state index in [0.717, 1.165) is 45.3 Å². The van der Waals surface area contributed by atoms with Crippen molar-refractivity contribution in [2.45, 2.75) is 57.0 Å². The molecule has 4 amide bonds. The molecule has 1 unspecified atom stereocenters. The number of alkyl halides is 2. The Morgan fingerprint density at radius 3 is 2.51 bits per heavy atom. The lowest BCUT2D eigenvalue weighted by Crippen LogP contribution is -2.49. The average molecular weight is 839 g/mol. The van der Waals surface area contributed by atoms with Crippen LogP contribution in [0.5, 0.6) is 0 Å². The summed E-state index contributed by atoms with van der Waals surface area (Å²) in [6.45, 7) is 4.11. The third-order valence-electron chi connectivity index (χ3n) is 12.2. The van der Waals surface area contributed by atoms with Crippen LogP contribution >= 0.6 is 0 Å². The molecule has 0 radical (unpaired) electrons. The summed E-state index contributed by atoms with van der Waals surface area (Å²) < 4.78 is 36.0. The molecule has 1 saturated carbocycles. The Kier molecular flexibility index (Phi) is 10.5. The van der Waals surface area contributed by atoms with Gasteiger partial charge in [0, 0.05) is 64.0 Å². The Hall–Kier alpha value is -6.61. The summed E-state index contributed by atoms with van der Waals surface area (Å²) in [6.07, 6.45) is 7.18. The van der Waals surface area contributed by atoms with Gasteiger partial charge in [-0.05, 0) is 62.3 Å². The average Bonchev–Trinajstić information content (AvgIpc) is 4.05. The van der Waals surface area contributed by atoms with E-state index in [1.165, 1.54) is 26.2 Å². The van der Waals surface area contributed by atoms with Gasteiger partial charge in [-0.3, -0.25) is 47.8 Å². The van der Waals surface area contributed by atoms with Crippen molar-refractivity contribution in [3.05, 3.63) is 76.9 Å². The first kappa shape index (κ1) is 39.8. The minimum absolute atomic E-state index is 0.0397. The van der Waals surface area contributed by atoms with Crippen molar-refractivity contribution >= 4 is 51.4 Å². The van der Waals surface area contributed by atoms with Crippen LogP contribution in [0.25, 0.3) is 33.6 Å². The highest BCUT2D eigenvalue weighted by atomic mass is 19.3. The zero-order chi connectivity index (χ0) is 42.5. The smallest absolute Gasteiger partial charge is 0.329 e. The lowest BCUT2D eigenvalue weighted by Gasteiger charge is -2.38. The summed E-state index contributed by atoms with van der Waals surface area (Å²) in [5, 5.41) is 18.6. The molecule has 21 heteroatoms. The van der Waals surface area contributed by atoms with Crippen LogP contribution in [0.3, 0.4) is 0 Å². The van der Waals surface area contributed by atoms with Gasteiger partial charge in [0.2, 0.25) is 23.6 Å². The molecule has 2 saturated heterocycles. The van der Waals surface area contributed by atoms with E-state index in [4.69, 9.17) is 5.73 Å². The number of anilines is 1. The maximum Gasteiger partial charge on any atom is 0.329 e. The fourth-order valence-electron chi connectivity index (χ4n) is 8.99. The van der Waals surface area contributed by atoms with Crippen LogP contribution in [-0.4, -0.2) is 116 Å². The first-order valence-electron chi connectivity index (χ1n) is 20.3. The van der Waals surface area contributed by atoms with E-state index >= 15 is 0 Å². The van der Waals surface area contributed by atoms with Crippen molar-refractivity contribution in [3.8, 4) is 11.5 Å². The van der Waals surface area contributed by atoms with E-state index in [1.54, 1.807) is 59.0 Å². The number of piperidine rings is 1. The summed E-state index contributed by atoms with van der Waals surface area (Å²) in [5.41, 5.74) is 6.99. The number of hydrogen-bond donors (Lipinski definition) is 3. The number of benzene rings is 1. The number of nitrogens with zero attached hydrogens (tertiary/aromatic N) is 11. The molecule has 4 N–H and O–H groups in total. The molecule has 0 bridgehead atoms. The van der Waals surface area contributed by atoms with Crippen molar-refractivity contribution in [2.75, 3.05) is 44.6 Å². The topological polar surface area (TPSA) is 218 Å². The molecule has 7 heterocycles. The Bertz CT molecular complexity index is 2730. The number of halogens is 2. The molecule has 1 aliphatic carbocycles. The van der Waals surface area contributed by atoms with Crippen LogP contribution < -0.4 is 22.1 Å². The van der Waals surface area contributed by atoms with E-state index in [2.05, 4.69) is 40.8 Å². The number of imide groups is 1. The molecule has 1 aromatic carbocycles. The third kappa shape index (κ3) is 7.69. The van der Waals surface area contributed by atoms with Gasteiger partial charge in [-0.15, -0.1) is 5.10 Å². The molecule has 1 atom stereocenters. The van der Waals surface area contributed by atoms with Gasteiger partial charge in [-0.1, -0.05) is 11.3 Å². The second-order valence-electron chi connectivity index (χ2n) is 16.0. The second-order valence-corrected chi connectivity index (χ2v) is 16.0. The van der Waals surface area contributed by atoms with Crippen LogP contribution in [0, 0.1) is 5.92 Å². The standard InChI is InChI=1S/C40H44F2N14O5/c1-50-35-27(3-2-4-28(35)56(40(50)61)29-9-10-32(57)46-39(29)60)45-33(58)22-52-15-13-51(14-16-52)19-23-5-7-26(8-6-23)54-20-30(34(48-54)36(41)42)55-21-31(47-49-55)53-12-11-24-17-25(37(43)59)18-44-38(24)53/h2-4,11-12,17-18,20-21,23,26,29,36H,5-10,13-16,19,22H2,1H3,(H2,43,59)(H,45,58)(H,46,57,60). The number of primary amides is 1. The molecule has 3 aliphatic rings. The lowest BCUT2D eigenvalue weighted by molar-refractivity contribution is -0.135. The number of imidazole rings is 1. The number of pyridine rings is 1. The molecule has 318 valence electrons. The predicted molar refractivity (Wildman–Crippen MR) is 216 cm³/mol. The number of rotatable bonds is 11. The third-order valence-corrected chi connectivity index (χ3v) is 12.2. The molecule has 9 rings (SSSR count). The van der Waals surface area contributed by atoms with Gasteiger partial charge in [0.05, 0.1) is 47.3 Å². The van der Waals surface area contributed by atoms with E-state index in [9.17, 15) is 32.8 Å². The van der Waals surface area contributed by atoms with E-state index in [0.29, 0.717) is 52.6 Å². The molecular formula is C40H44F2N14O5. The zero-order valence-electron chi connectivity index (χ0n) is 33.3. The molecular weight excluding hydrogens is 795 g/mol. The molecule has 0 spiro atoms. The molecule has 6 aromatic rings. The number of nitrogens with two attached hydrogens (primary N) is 1. The lowest BCUT2D eigenvalue weighted by atomic mass is 9.85. The first-order valence-corrected chi connectivity index (χ1v) is 20.3. The van der Waals surface area contributed by atoms with Crippen molar-refractivity contribution in [1.29, 1.82) is 0 Å². The van der Waals surface area contributed by atoms with Gasteiger partial charge in [-0.2, -0.15) is 5.10 Å². The number of carbonyl (C=O) groups is 4. The molecule has 5 aromatic heterocycles. The number of para-hydroxylation sites is 1. The van der Waals surface area contributed by atoms with Gasteiger partial charge in [0.15, 0.2) is 11.5 Å². The number of piperazine rings is 1. The number of aryl methyl sites for hydroxylation is 1. The van der Waals surface area contributed by atoms with Gasteiger partial charge in [0.1, 0.15) is 17.4 Å². The van der Waals surface area contributed by atoms with Crippen LogP contribution in [0.1, 0.15) is 73.1 Å².